The van der Waals surface area contributed by atoms with Crippen LogP contribution in [0.3, 0.4) is 0 Å². The third-order valence-corrected chi connectivity index (χ3v) is 1.62. The van der Waals surface area contributed by atoms with Gasteiger partial charge in [-0.15, -0.1) is 6.42 Å². The average molecular weight is 169 g/mol. The average Bonchev–Trinajstić information content (AvgIpc) is 2.05. The molecule has 66 valence electrons. The number of rotatable bonds is 4. The fraction of sp³-hybridized carbons (Fsp3) is 0.500. The van der Waals surface area contributed by atoms with E-state index in [1.165, 1.54) is 6.92 Å². The van der Waals surface area contributed by atoms with Gasteiger partial charge in [0.15, 0.2) is 5.78 Å². The number of ketones is 1. The zero-order chi connectivity index (χ0) is 9.72. The molecule has 0 aliphatic rings. The number of carboxylic acid groups (broad SMARTS) is 1. The molecule has 0 fully saturated rings. The van der Waals surface area contributed by atoms with Crippen molar-refractivity contribution >= 4 is 11.8 Å². The van der Waals surface area contributed by atoms with Gasteiger partial charge in [-0.1, -0.05) is 12.8 Å². The highest BCUT2D eigenvalue weighted by molar-refractivity contribution is 5.89. The molecule has 0 aromatic heterocycles. The second-order valence-electron chi connectivity index (χ2n) is 2.44. The summed E-state index contributed by atoms with van der Waals surface area (Å²) in [6.45, 7) is 1.17. The lowest BCUT2D eigenvalue weighted by atomic mass is 9.91. The van der Waals surface area contributed by atoms with Gasteiger partial charge in [0.2, 0.25) is 0 Å². The van der Waals surface area contributed by atoms with E-state index in [4.69, 9.17) is 17.3 Å². The molecule has 0 bridgehead atoms. The molecular formula is C8H11NO3. The van der Waals surface area contributed by atoms with Gasteiger partial charge >= 0.3 is 5.97 Å². The summed E-state index contributed by atoms with van der Waals surface area (Å²) in [5.41, 5.74) is 5.05. The zero-order valence-corrected chi connectivity index (χ0v) is 6.78. The molecule has 0 aromatic rings. The van der Waals surface area contributed by atoms with Gasteiger partial charge in [-0.2, -0.15) is 0 Å². The van der Waals surface area contributed by atoms with Gasteiger partial charge in [-0.3, -0.25) is 9.59 Å². The molecule has 0 saturated carbocycles. The standard InChI is InChI=1S/C8H11NO3/c1-3-6(7(10)4-9)5(2)8(11)12/h1,5-6H,4,9H2,2H3,(H,11,12). The van der Waals surface area contributed by atoms with Gasteiger partial charge in [-0.05, 0) is 0 Å². The quantitative estimate of drug-likeness (QED) is 0.555. The van der Waals surface area contributed by atoms with E-state index in [0.29, 0.717) is 0 Å². The first-order valence-electron chi connectivity index (χ1n) is 3.46. The molecule has 0 heterocycles. The second kappa shape index (κ2) is 4.52. The molecule has 0 amide bonds. The van der Waals surface area contributed by atoms with Crippen molar-refractivity contribution in [1.82, 2.24) is 0 Å². The van der Waals surface area contributed by atoms with Gasteiger partial charge in [-0.25, -0.2) is 0 Å². The van der Waals surface area contributed by atoms with Crippen LogP contribution in [0.25, 0.3) is 0 Å². The third-order valence-electron chi connectivity index (χ3n) is 1.62. The summed E-state index contributed by atoms with van der Waals surface area (Å²) in [7, 11) is 0. The lowest BCUT2D eigenvalue weighted by Gasteiger charge is -2.11. The highest BCUT2D eigenvalue weighted by Crippen LogP contribution is 2.11. The van der Waals surface area contributed by atoms with Crippen LogP contribution in [0.5, 0.6) is 0 Å². The van der Waals surface area contributed by atoms with Gasteiger partial charge in [0.25, 0.3) is 0 Å². The first-order chi connectivity index (χ1) is 5.54. The molecule has 0 aliphatic heterocycles. The van der Waals surface area contributed by atoms with E-state index in [0.717, 1.165) is 0 Å². The minimum Gasteiger partial charge on any atom is -0.481 e. The Labute approximate surface area is 70.8 Å². The number of aliphatic carboxylic acids is 1. The van der Waals surface area contributed by atoms with Crippen molar-refractivity contribution < 1.29 is 14.7 Å². The smallest absolute Gasteiger partial charge is 0.307 e. The number of carbonyl (C=O) groups is 2. The highest BCUT2D eigenvalue weighted by atomic mass is 16.4. The molecule has 0 aliphatic carbocycles. The summed E-state index contributed by atoms with van der Waals surface area (Å²) < 4.78 is 0. The van der Waals surface area contributed by atoms with Crippen molar-refractivity contribution in [2.45, 2.75) is 6.92 Å². The molecule has 2 unspecified atom stereocenters. The van der Waals surface area contributed by atoms with Crippen LogP contribution in [0.4, 0.5) is 0 Å². The Bertz CT molecular complexity index is 229. The Morgan fingerprint density at radius 3 is 2.42 bits per heavy atom. The van der Waals surface area contributed by atoms with E-state index in [-0.39, 0.29) is 6.54 Å². The summed E-state index contributed by atoms with van der Waals surface area (Å²) >= 11 is 0. The maximum Gasteiger partial charge on any atom is 0.307 e. The number of carbonyl (C=O) groups excluding carboxylic acids is 1. The number of hydrogen-bond acceptors (Lipinski definition) is 3. The second-order valence-corrected chi connectivity index (χ2v) is 2.44. The van der Waals surface area contributed by atoms with Crippen molar-refractivity contribution in [3.05, 3.63) is 0 Å². The minimum absolute atomic E-state index is 0.216. The Hall–Kier alpha value is -1.34. The maximum atomic E-state index is 11.0. The largest absolute Gasteiger partial charge is 0.481 e. The van der Waals surface area contributed by atoms with Crippen LogP contribution in [-0.2, 0) is 9.59 Å². The highest BCUT2D eigenvalue weighted by Gasteiger charge is 2.26. The summed E-state index contributed by atoms with van der Waals surface area (Å²) in [4.78, 5) is 21.4. The number of Topliss-reactive ketones (excluding diaryl/α,β-unsaturated/α-hetero) is 1. The van der Waals surface area contributed by atoms with Crippen LogP contribution in [0.2, 0.25) is 0 Å². The molecule has 4 nitrogen and oxygen atoms in total. The van der Waals surface area contributed by atoms with Crippen molar-refractivity contribution in [2.24, 2.45) is 17.6 Å². The first-order valence-corrected chi connectivity index (χ1v) is 3.46. The number of nitrogens with two attached hydrogens (primary N) is 1. The van der Waals surface area contributed by atoms with Crippen molar-refractivity contribution in [3.8, 4) is 12.3 Å². The van der Waals surface area contributed by atoms with E-state index in [1.54, 1.807) is 0 Å². The van der Waals surface area contributed by atoms with E-state index in [1.807, 2.05) is 0 Å². The molecule has 0 radical (unpaired) electrons. The lowest BCUT2D eigenvalue weighted by Crippen LogP contribution is -2.31. The number of terminal acetylenes is 1. The van der Waals surface area contributed by atoms with Gasteiger partial charge < -0.3 is 10.8 Å². The van der Waals surface area contributed by atoms with E-state index >= 15 is 0 Å². The predicted octanol–water partition coefficient (Wildman–Crippen LogP) is -0.516. The van der Waals surface area contributed by atoms with E-state index < -0.39 is 23.6 Å². The van der Waals surface area contributed by atoms with Gasteiger partial charge in [0.1, 0.15) is 0 Å². The van der Waals surface area contributed by atoms with Crippen LogP contribution in [0.15, 0.2) is 0 Å². The number of carboxylic acids is 1. The normalized spacial score (nSPS) is 14.4. The Morgan fingerprint density at radius 1 is 1.67 bits per heavy atom. The van der Waals surface area contributed by atoms with Crippen LogP contribution < -0.4 is 5.73 Å². The Kier molecular flexibility index (Phi) is 4.02. The predicted molar refractivity (Wildman–Crippen MR) is 43.2 cm³/mol. The Balaban J connectivity index is 4.48. The number of hydrogen-bond donors (Lipinski definition) is 2. The fourth-order valence-electron chi connectivity index (χ4n) is 0.786. The Morgan fingerprint density at radius 2 is 2.17 bits per heavy atom. The van der Waals surface area contributed by atoms with E-state index in [2.05, 4.69) is 5.92 Å². The molecule has 2 atom stereocenters. The van der Waals surface area contributed by atoms with Gasteiger partial charge in [0.05, 0.1) is 18.4 Å². The monoisotopic (exact) mass is 169 g/mol. The van der Waals surface area contributed by atoms with E-state index in [9.17, 15) is 9.59 Å². The van der Waals surface area contributed by atoms with Crippen molar-refractivity contribution in [2.75, 3.05) is 6.54 Å². The molecule has 0 aromatic carbocycles. The summed E-state index contributed by atoms with van der Waals surface area (Å²) in [6.07, 6.45) is 5.00. The summed E-state index contributed by atoms with van der Waals surface area (Å²) in [5.74, 6) is -1.15. The van der Waals surface area contributed by atoms with Crippen molar-refractivity contribution in [1.29, 1.82) is 0 Å². The molecular weight excluding hydrogens is 158 g/mol. The topological polar surface area (TPSA) is 80.4 Å². The van der Waals surface area contributed by atoms with Crippen molar-refractivity contribution in [3.63, 3.8) is 0 Å². The molecule has 4 heteroatoms. The maximum absolute atomic E-state index is 11.0. The molecule has 0 rings (SSSR count). The van der Waals surface area contributed by atoms with Gasteiger partial charge in [0, 0.05) is 0 Å². The van der Waals surface area contributed by atoms with Crippen LogP contribution >= 0.6 is 0 Å². The molecule has 0 spiro atoms. The summed E-state index contributed by atoms with van der Waals surface area (Å²) in [6, 6.07) is 0. The molecule has 12 heavy (non-hydrogen) atoms. The van der Waals surface area contributed by atoms with Crippen LogP contribution in [0, 0.1) is 24.2 Å². The fourth-order valence-corrected chi connectivity index (χ4v) is 0.786. The third kappa shape index (κ3) is 2.36. The molecule has 0 saturated heterocycles. The first kappa shape index (κ1) is 10.7. The minimum atomic E-state index is -1.08. The van der Waals surface area contributed by atoms with Crippen LogP contribution in [-0.4, -0.2) is 23.4 Å². The SMILES string of the molecule is C#CC(C(=O)CN)C(C)C(=O)O. The lowest BCUT2D eigenvalue weighted by molar-refractivity contribution is -0.144. The van der Waals surface area contributed by atoms with Crippen LogP contribution in [0.1, 0.15) is 6.92 Å². The zero-order valence-electron chi connectivity index (χ0n) is 6.78. The summed E-state index contributed by atoms with van der Waals surface area (Å²) in [5, 5.41) is 8.54. The molecule has 3 N–H and O–H groups in total.